The van der Waals surface area contributed by atoms with E-state index >= 15 is 0 Å². The molecule has 1 heterocycles. The fourth-order valence-electron chi connectivity index (χ4n) is 3.87. The third-order valence-electron chi connectivity index (χ3n) is 4.85. The van der Waals surface area contributed by atoms with Crippen molar-refractivity contribution < 1.29 is 0 Å². The molecule has 0 bridgehead atoms. The quantitative estimate of drug-likeness (QED) is 0.754. The highest BCUT2D eigenvalue weighted by molar-refractivity contribution is 4.79. The minimum absolute atomic E-state index is 0.813. The first-order valence-electron chi connectivity index (χ1n) is 8.73. The van der Waals surface area contributed by atoms with Crippen molar-refractivity contribution in [1.82, 2.24) is 10.2 Å². The summed E-state index contributed by atoms with van der Waals surface area (Å²) >= 11 is 0. The largest absolute Gasteiger partial charge is 0.314 e. The molecule has 112 valence electrons. The predicted molar refractivity (Wildman–Crippen MR) is 83.5 cm³/mol. The summed E-state index contributed by atoms with van der Waals surface area (Å²) in [6.45, 7) is 8.63. The zero-order chi connectivity index (χ0) is 13.5. The first kappa shape index (κ1) is 15.3. The second-order valence-corrected chi connectivity index (χ2v) is 7.12. The summed E-state index contributed by atoms with van der Waals surface area (Å²) in [5.74, 6) is 0.813. The van der Waals surface area contributed by atoms with Crippen LogP contribution in [0.1, 0.15) is 71.6 Å². The van der Waals surface area contributed by atoms with E-state index in [1.165, 1.54) is 77.4 Å². The molecule has 1 saturated heterocycles. The molecule has 2 rings (SSSR count). The Balaban J connectivity index is 1.69. The van der Waals surface area contributed by atoms with Crippen molar-refractivity contribution >= 4 is 0 Å². The molecule has 0 aromatic carbocycles. The molecule has 1 aliphatic carbocycles. The second-order valence-electron chi connectivity index (χ2n) is 7.12. The second kappa shape index (κ2) is 8.26. The minimum atomic E-state index is 0.813. The molecule has 1 unspecified atom stereocenters. The van der Waals surface area contributed by atoms with Crippen molar-refractivity contribution in [2.45, 2.75) is 83.7 Å². The van der Waals surface area contributed by atoms with E-state index in [0.29, 0.717) is 0 Å². The third-order valence-corrected chi connectivity index (χ3v) is 4.85. The number of rotatable bonds is 7. The van der Waals surface area contributed by atoms with Crippen molar-refractivity contribution in [1.29, 1.82) is 0 Å². The van der Waals surface area contributed by atoms with Gasteiger partial charge in [0.15, 0.2) is 0 Å². The standard InChI is InChI=1S/C17H34N2/c1-15(2)14-19(17-10-3-4-11-17)13-7-9-16-8-5-6-12-18-16/h15-18H,3-14H2,1-2H3. The lowest BCUT2D eigenvalue weighted by molar-refractivity contribution is 0.170. The molecule has 1 atom stereocenters. The van der Waals surface area contributed by atoms with Gasteiger partial charge in [-0.1, -0.05) is 33.1 Å². The van der Waals surface area contributed by atoms with Crippen LogP contribution in [0.15, 0.2) is 0 Å². The van der Waals surface area contributed by atoms with Crippen LogP contribution in [0, 0.1) is 5.92 Å². The van der Waals surface area contributed by atoms with Gasteiger partial charge in [0, 0.05) is 18.6 Å². The summed E-state index contributed by atoms with van der Waals surface area (Å²) in [7, 11) is 0. The smallest absolute Gasteiger partial charge is 0.00953 e. The van der Waals surface area contributed by atoms with Gasteiger partial charge in [0.1, 0.15) is 0 Å². The Kier molecular flexibility index (Phi) is 6.66. The van der Waals surface area contributed by atoms with Gasteiger partial charge >= 0.3 is 0 Å². The lowest BCUT2D eigenvalue weighted by Gasteiger charge is -2.31. The summed E-state index contributed by atoms with van der Waals surface area (Å²) in [6, 6.07) is 1.72. The van der Waals surface area contributed by atoms with Crippen molar-refractivity contribution in [3.05, 3.63) is 0 Å². The molecular weight excluding hydrogens is 232 g/mol. The van der Waals surface area contributed by atoms with Gasteiger partial charge in [0.2, 0.25) is 0 Å². The molecule has 0 aromatic rings. The van der Waals surface area contributed by atoms with Crippen molar-refractivity contribution in [2.24, 2.45) is 5.92 Å². The summed E-state index contributed by atoms with van der Waals surface area (Å²) in [5, 5.41) is 3.68. The highest BCUT2D eigenvalue weighted by atomic mass is 15.2. The van der Waals surface area contributed by atoms with Crippen LogP contribution in [-0.4, -0.2) is 36.6 Å². The molecule has 0 amide bonds. The van der Waals surface area contributed by atoms with Crippen LogP contribution in [-0.2, 0) is 0 Å². The van der Waals surface area contributed by atoms with Gasteiger partial charge in [0.05, 0.1) is 0 Å². The van der Waals surface area contributed by atoms with Crippen LogP contribution in [0.25, 0.3) is 0 Å². The highest BCUT2D eigenvalue weighted by Gasteiger charge is 2.23. The summed E-state index contributed by atoms with van der Waals surface area (Å²) < 4.78 is 0. The maximum atomic E-state index is 3.68. The van der Waals surface area contributed by atoms with E-state index in [0.717, 1.165) is 18.0 Å². The maximum absolute atomic E-state index is 3.68. The van der Waals surface area contributed by atoms with Gasteiger partial charge in [-0.25, -0.2) is 0 Å². The van der Waals surface area contributed by atoms with Crippen molar-refractivity contribution in [2.75, 3.05) is 19.6 Å². The van der Waals surface area contributed by atoms with E-state index < -0.39 is 0 Å². The molecule has 0 aromatic heterocycles. The van der Waals surface area contributed by atoms with Gasteiger partial charge < -0.3 is 10.2 Å². The molecule has 1 saturated carbocycles. The summed E-state index contributed by atoms with van der Waals surface area (Å²) in [5.41, 5.74) is 0. The lowest BCUT2D eigenvalue weighted by Crippen LogP contribution is -2.38. The summed E-state index contributed by atoms with van der Waals surface area (Å²) in [6.07, 6.45) is 12.8. The normalized spacial score (nSPS) is 25.6. The first-order valence-corrected chi connectivity index (χ1v) is 8.73. The molecule has 2 aliphatic rings. The van der Waals surface area contributed by atoms with Crippen LogP contribution in [0.2, 0.25) is 0 Å². The number of nitrogens with one attached hydrogen (secondary N) is 1. The molecule has 1 N–H and O–H groups in total. The molecular formula is C17H34N2. The Labute approximate surface area is 120 Å². The van der Waals surface area contributed by atoms with Crippen molar-refractivity contribution in [3.63, 3.8) is 0 Å². The molecule has 2 fully saturated rings. The lowest BCUT2D eigenvalue weighted by atomic mass is 10.00. The number of nitrogens with zero attached hydrogens (tertiary/aromatic N) is 1. The van der Waals surface area contributed by atoms with Crippen LogP contribution < -0.4 is 5.32 Å². The van der Waals surface area contributed by atoms with Crippen LogP contribution in [0.3, 0.4) is 0 Å². The van der Waals surface area contributed by atoms with Gasteiger partial charge in [-0.05, 0) is 57.5 Å². The molecule has 2 heteroatoms. The van der Waals surface area contributed by atoms with Crippen LogP contribution in [0.5, 0.6) is 0 Å². The van der Waals surface area contributed by atoms with Gasteiger partial charge in [-0.2, -0.15) is 0 Å². The molecule has 0 radical (unpaired) electrons. The van der Waals surface area contributed by atoms with Crippen LogP contribution in [0.4, 0.5) is 0 Å². The predicted octanol–water partition coefficient (Wildman–Crippen LogP) is 3.81. The fourth-order valence-corrected chi connectivity index (χ4v) is 3.87. The van der Waals surface area contributed by atoms with Gasteiger partial charge in [0.25, 0.3) is 0 Å². The van der Waals surface area contributed by atoms with E-state index in [9.17, 15) is 0 Å². The summed E-state index contributed by atoms with van der Waals surface area (Å²) in [4.78, 5) is 2.81. The average Bonchev–Trinajstić information content (AvgIpc) is 2.92. The number of piperidine rings is 1. The zero-order valence-corrected chi connectivity index (χ0v) is 13.2. The van der Waals surface area contributed by atoms with E-state index in [2.05, 4.69) is 24.1 Å². The Morgan fingerprint density at radius 3 is 2.42 bits per heavy atom. The van der Waals surface area contributed by atoms with Crippen LogP contribution >= 0.6 is 0 Å². The van der Waals surface area contributed by atoms with E-state index in [1.807, 2.05) is 0 Å². The topological polar surface area (TPSA) is 15.3 Å². The molecule has 19 heavy (non-hydrogen) atoms. The molecule has 2 nitrogen and oxygen atoms in total. The molecule has 0 spiro atoms. The Morgan fingerprint density at radius 2 is 1.79 bits per heavy atom. The van der Waals surface area contributed by atoms with Crippen molar-refractivity contribution in [3.8, 4) is 0 Å². The fraction of sp³-hybridized carbons (Fsp3) is 1.00. The maximum Gasteiger partial charge on any atom is 0.00953 e. The number of hydrogen-bond donors (Lipinski definition) is 1. The van der Waals surface area contributed by atoms with E-state index in [1.54, 1.807) is 0 Å². The highest BCUT2D eigenvalue weighted by Crippen LogP contribution is 2.25. The zero-order valence-electron chi connectivity index (χ0n) is 13.2. The minimum Gasteiger partial charge on any atom is -0.314 e. The first-order chi connectivity index (χ1) is 9.25. The number of hydrogen-bond acceptors (Lipinski definition) is 2. The third kappa shape index (κ3) is 5.43. The SMILES string of the molecule is CC(C)CN(CCCC1CCCCN1)C1CCCC1. The van der Waals surface area contributed by atoms with Gasteiger partial charge in [-0.3, -0.25) is 0 Å². The Bertz CT molecular complexity index is 227. The van der Waals surface area contributed by atoms with Gasteiger partial charge in [-0.15, -0.1) is 0 Å². The van der Waals surface area contributed by atoms with E-state index in [-0.39, 0.29) is 0 Å². The van der Waals surface area contributed by atoms with E-state index in [4.69, 9.17) is 0 Å². The molecule has 1 aliphatic heterocycles. The Hall–Kier alpha value is -0.0800. The average molecular weight is 266 g/mol. The Morgan fingerprint density at radius 1 is 1.05 bits per heavy atom. The monoisotopic (exact) mass is 266 g/mol.